The van der Waals surface area contributed by atoms with Crippen LogP contribution in [0.15, 0.2) is 30.5 Å². The Morgan fingerprint density at radius 1 is 1.38 bits per heavy atom. The molecule has 0 saturated carbocycles. The van der Waals surface area contributed by atoms with Crippen molar-refractivity contribution in [3.05, 3.63) is 56.2 Å². The number of pyridine rings is 1. The lowest BCUT2D eigenvalue weighted by Gasteiger charge is -2.09. The summed E-state index contributed by atoms with van der Waals surface area (Å²) in [7, 11) is 0. The number of hydrogen-bond donors (Lipinski definition) is 2. The van der Waals surface area contributed by atoms with Crippen LogP contribution in [0.2, 0.25) is 10.0 Å². The number of anilines is 2. The van der Waals surface area contributed by atoms with E-state index in [1.54, 1.807) is 18.2 Å². The Morgan fingerprint density at radius 2 is 2.10 bits per heavy atom. The van der Waals surface area contributed by atoms with Gasteiger partial charge in [-0.1, -0.05) is 29.3 Å². The molecule has 0 saturated heterocycles. The maximum absolute atomic E-state index is 11.0. The summed E-state index contributed by atoms with van der Waals surface area (Å²) in [6.07, 6.45) is 0.865. The van der Waals surface area contributed by atoms with Gasteiger partial charge in [0.2, 0.25) is 0 Å². The fourth-order valence-corrected chi connectivity index (χ4v) is 1.92. The van der Waals surface area contributed by atoms with Crippen molar-refractivity contribution in [2.75, 3.05) is 5.32 Å². The summed E-state index contributed by atoms with van der Waals surface area (Å²) in [6, 6.07) is 5.89. The van der Waals surface area contributed by atoms with Crippen LogP contribution < -0.4 is 5.32 Å². The Hall–Kier alpha value is -2.38. The molecule has 0 aliphatic heterocycles. The standard InChI is InChI=1S/C12H7Cl2N3O4/c13-7-2-1-3-8(11(7)14)16-10-4-6(12(18)19)9(5-15-10)17(20)21/h1-5H,(H,15,16)(H,18,19). The third-order valence-electron chi connectivity index (χ3n) is 2.52. The average molecular weight is 328 g/mol. The van der Waals surface area contributed by atoms with Crippen molar-refractivity contribution in [2.24, 2.45) is 0 Å². The number of nitro groups is 1. The zero-order valence-electron chi connectivity index (χ0n) is 10.2. The molecular formula is C12H7Cl2N3O4. The van der Waals surface area contributed by atoms with E-state index in [-0.39, 0.29) is 10.8 Å². The summed E-state index contributed by atoms with van der Waals surface area (Å²) >= 11 is 11.8. The number of hydrogen-bond acceptors (Lipinski definition) is 5. The maximum atomic E-state index is 11.0. The van der Waals surface area contributed by atoms with Gasteiger partial charge in [-0.3, -0.25) is 10.1 Å². The van der Waals surface area contributed by atoms with Crippen LogP contribution in [0.1, 0.15) is 10.4 Å². The molecule has 9 heteroatoms. The summed E-state index contributed by atoms with van der Waals surface area (Å²) in [5, 5.41) is 23.0. The molecule has 0 atom stereocenters. The molecule has 0 amide bonds. The summed E-state index contributed by atoms with van der Waals surface area (Å²) in [6.45, 7) is 0. The quantitative estimate of drug-likeness (QED) is 0.654. The molecule has 1 aromatic heterocycles. The van der Waals surface area contributed by atoms with Crippen LogP contribution in [-0.2, 0) is 0 Å². The van der Waals surface area contributed by atoms with E-state index in [2.05, 4.69) is 10.3 Å². The van der Waals surface area contributed by atoms with E-state index >= 15 is 0 Å². The minimum Gasteiger partial charge on any atom is -0.477 e. The molecule has 7 nitrogen and oxygen atoms in total. The van der Waals surface area contributed by atoms with Gasteiger partial charge in [-0.15, -0.1) is 0 Å². The highest BCUT2D eigenvalue weighted by Gasteiger charge is 2.21. The molecule has 0 bridgehead atoms. The molecule has 2 N–H and O–H groups in total. The van der Waals surface area contributed by atoms with Gasteiger partial charge in [0.25, 0.3) is 0 Å². The molecule has 0 aliphatic carbocycles. The predicted molar refractivity (Wildman–Crippen MR) is 77.6 cm³/mol. The number of nitrogens with one attached hydrogen (secondary N) is 1. The van der Waals surface area contributed by atoms with Gasteiger partial charge < -0.3 is 10.4 Å². The largest absolute Gasteiger partial charge is 0.477 e. The molecule has 0 spiro atoms. The monoisotopic (exact) mass is 327 g/mol. The Kier molecular flexibility index (Phi) is 4.25. The van der Waals surface area contributed by atoms with Gasteiger partial charge >= 0.3 is 11.7 Å². The van der Waals surface area contributed by atoms with Crippen molar-refractivity contribution in [3.63, 3.8) is 0 Å². The van der Waals surface area contributed by atoms with Crippen LogP contribution in [-0.4, -0.2) is 21.0 Å². The fourth-order valence-electron chi connectivity index (χ4n) is 1.57. The van der Waals surface area contributed by atoms with E-state index in [1.165, 1.54) is 0 Å². The molecule has 0 aliphatic rings. The molecular weight excluding hydrogens is 321 g/mol. The van der Waals surface area contributed by atoms with Crippen LogP contribution in [0.4, 0.5) is 17.2 Å². The van der Waals surface area contributed by atoms with Crippen molar-refractivity contribution < 1.29 is 14.8 Å². The van der Waals surface area contributed by atoms with E-state index in [0.29, 0.717) is 10.7 Å². The van der Waals surface area contributed by atoms with Gasteiger partial charge in [0, 0.05) is 6.07 Å². The predicted octanol–water partition coefficient (Wildman–Crippen LogP) is 3.74. The number of aromatic nitrogens is 1. The van der Waals surface area contributed by atoms with E-state index in [1.807, 2.05) is 0 Å². The van der Waals surface area contributed by atoms with E-state index in [4.69, 9.17) is 28.3 Å². The molecule has 1 aromatic carbocycles. The highest BCUT2D eigenvalue weighted by Crippen LogP contribution is 2.32. The van der Waals surface area contributed by atoms with Crippen molar-refractivity contribution in [1.29, 1.82) is 0 Å². The smallest absolute Gasteiger partial charge is 0.342 e. The molecule has 0 fully saturated rings. The Morgan fingerprint density at radius 3 is 2.71 bits per heavy atom. The minimum absolute atomic E-state index is 0.0992. The van der Waals surface area contributed by atoms with E-state index in [0.717, 1.165) is 12.3 Å². The number of carboxylic acids is 1. The third kappa shape index (κ3) is 3.21. The zero-order chi connectivity index (χ0) is 15.6. The summed E-state index contributed by atoms with van der Waals surface area (Å²) in [5.74, 6) is -1.33. The lowest BCUT2D eigenvalue weighted by Crippen LogP contribution is -2.05. The van der Waals surface area contributed by atoms with Crippen LogP contribution in [0.25, 0.3) is 0 Å². The van der Waals surface area contributed by atoms with Gasteiger partial charge in [0.15, 0.2) is 0 Å². The number of nitrogens with zero attached hydrogens (tertiary/aromatic N) is 2. The van der Waals surface area contributed by atoms with Gasteiger partial charge in [0.05, 0.1) is 20.7 Å². The zero-order valence-corrected chi connectivity index (χ0v) is 11.7. The third-order valence-corrected chi connectivity index (χ3v) is 3.34. The maximum Gasteiger partial charge on any atom is 0.342 e. The lowest BCUT2D eigenvalue weighted by atomic mass is 10.2. The van der Waals surface area contributed by atoms with Crippen LogP contribution in [0.5, 0.6) is 0 Å². The second-order valence-corrected chi connectivity index (χ2v) is 4.66. The number of carbonyl (C=O) groups is 1. The van der Waals surface area contributed by atoms with Gasteiger partial charge in [-0.25, -0.2) is 9.78 Å². The summed E-state index contributed by atoms with van der Waals surface area (Å²) < 4.78 is 0. The first-order valence-corrected chi connectivity index (χ1v) is 6.24. The van der Waals surface area contributed by atoms with Crippen LogP contribution in [0, 0.1) is 10.1 Å². The van der Waals surface area contributed by atoms with Crippen molar-refractivity contribution in [2.45, 2.75) is 0 Å². The summed E-state index contributed by atoms with van der Waals surface area (Å²) in [4.78, 5) is 24.8. The van der Waals surface area contributed by atoms with Gasteiger partial charge in [0.1, 0.15) is 17.6 Å². The topological polar surface area (TPSA) is 105 Å². The number of carboxylic acid groups (broad SMARTS) is 1. The average Bonchev–Trinajstić information content (AvgIpc) is 2.43. The molecule has 2 rings (SSSR count). The number of halogens is 2. The Bertz CT molecular complexity index is 736. The Balaban J connectivity index is 2.42. The van der Waals surface area contributed by atoms with E-state index < -0.39 is 22.1 Å². The SMILES string of the molecule is O=C(O)c1cc(Nc2cccc(Cl)c2Cl)ncc1[N+](=O)[O-]. The van der Waals surface area contributed by atoms with Crippen molar-refractivity contribution >= 4 is 46.4 Å². The molecule has 1 heterocycles. The molecule has 108 valence electrons. The normalized spacial score (nSPS) is 10.2. The number of benzene rings is 1. The van der Waals surface area contributed by atoms with Gasteiger partial charge in [-0.05, 0) is 12.1 Å². The van der Waals surface area contributed by atoms with Crippen molar-refractivity contribution in [1.82, 2.24) is 4.98 Å². The minimum atomic E-state index is -1.43. The van der Waals surface area contributed by atoms with Crippen LogP contribution in [0.3, 0.4) is 0 Å². The first kappa shape index (κ1) is 15.0. The molecule has 21 heavy (non-hydrogen) atoms. The first-order valence-electron chi connectivity index (χ1n) is 5.49. The lowest BCUT2D eigenvalue weighted by molar-refractivity contribution is -0.385. The van der Waals surface area contributed by atoms with Crippen LogP contribution >= 0.6 is 23.2 Å². The van der Waals surface area contributed by atoms with Crippen molar-refractivity contribution in [3.8, 4) is 0 Å². The van der Waals surface area contributed by atoms with E-state index in [9.17, 15) is 14.9 Å². The van der Waals surface area contributed by atoms with Gasteiger partial charge in [-0.2, -0.15) is 0 Å². The molecule has 2 aromatic rings. The second-order valence-electron chi connectivity index (χ2n) is 3.88. The Labute approximate surface area is 128 Å². The highest BCUT2D eigenvalue weighted by atomic mass is 35.5. The number of rotatable bonds is 4. The molecule has 0 unspecified atom stereocenters. The second kappa shape index (κ2) is 5.94. The number of aromatic carboxylic acids is 1. The highest BCUT2D eigenvalue weighted by molar-refractivity contribution is 6.43. The molecule has 0 radical (unpaired) electrons. The summed E-state index contributed by atoms with van der Waals surface area (Å²) in [5.41, 5.74) is -0.664. The fraction of sp³-hybridized carbons (Fsp3) is 0. The first-order chi connectivity index (χ1) is 9.90.